The monoisotopic (exact) mass is 284 g/mol. The SMILES string of the molecule is Cc1cc(C(C)C)cc(C(C)(C)C)c1.Oc1ccccc1. The molecule has 0 radical (unpaired) electrons. The Morgan fingerprint density at radius 2 is 1.48 bits per heavy atom. The Bertz CT molecular complexity index is 548. The van der Waals surface area contributed by atoms with Gasteiger partial charge in [-0.05, 0) is 41.5 Å². The Kier molecular flexibility index (Phi) is 6.02. The molecule has 1 nitrogen and oxygen atoms in total. The van der Waals surface area contributed by atoms with Crippen LogP contribution in [0.25, 0.3) is 0 Å². The van der Waals surface area contributed by atoms with Crippen molar-refractivity contribution in [2.75, 3.05) is 0 Å². The summed E-state index contributed by atoms with van der Waals surface area (Å²) in [7, 11) is 0. The number of rotatable bonds is 1. The molecule has 0 atom stereocenters. The number of para-hydroxylation sites is 1. The van der Waals surface area contributed by atoms with Crippen LogP contribution in [0.2, 0.25) is 0 Å². The third kappa shape index (κ3) is 6.03. The minimum Gasteiger partial charge on any atom is -0.508 e. The summed E-state index contributed by atoms with van der Waals surface area (Å²) >= 11 is 0. The van der Waals surface area contributed by atoms with Crippen LogP contribution in [0.15, 0.2) is 48.5 Å². The largest absolute Gasteiger partial charge is 0.508 e. The van der Waals surface area contributed by atoms with E-state index in [1.807, 2.05) is 6.07 Å². The van der Waals surface area contributed by atoms with Gasteiger partial charge in [-0.3, -0.25) is 0 Å². The summed E-state index contributed by atoms with van der Waals surface area (Å²) < 4.78 is 0. The van der Waals surface area contributed by atoms with Gasteiger partial charge in [0.25, 0.3) is 0 Å². The van der Waals surface area contributed by atoms with Crippen LogP contribution in [0.5, 0.6) is 5.75 Å². The van der Waals surface area contributed by atoms with Gasteiger partial charge in [-0.25, -0.2) is 0 Å². The Balaban J connectivity index is 0.000000262. The normalized spacial score (nSPS) is 11.0. The van der Waals surface area contributed by atoms with Crippen molar-refractivity contribution in [2.45, 2.75) is 52.9 Å². The number of hydrogen-bond acceptors (Lipinski definition) is 1. The Labute approximate surface area is 129 Å². The third-order valence-electron chi connectivity index (χ3n) is 3.39. The molecule has 2 aromatic rings. The van der Waals surface area contributed by atoms with Gasteiger partial charge in [0.05, 0.1) is 0 Å². The van der Waals surface area contributed by atoms with Crippen LogP contribution in [0, 0.1) is 6.92 Å². The molecular weight excluding hydrogens is 256 g/mol. The van der Waals surface area contributed by atoms with E-state index in [9.17, 15) is 0 Å². The number of aromatic hydroxyl groups is 1. The molecular formula is C20H28O. The highest BCUT2D eigenvalue weighted by atomic mass is 16.3. The van der Waals surface area contributed by atoms with Gasteiger partial charge in [-0.2, -0.15) is 0 Å². The molecule has 2 rings (SSSR count). The molecule has 0 amide bonds. The molecule has 0 aliphatic heterocycles. The van der Waals surface area contributed by atoms with Gasteiger partial charge in [-0.15, -0.1) is 0 Å². The molecule has 0 saturated carbocycles. The number of aryl methyl sites for hydroxylation is 1. The first kappa shape index (κ1) is 17.3. The molecule has 0 fully saturated rings. The Morgan fingerprint density at radius 1 is 0.905 bits per heavy atom. The summed E-state index contributed by atoms with van der Waals surface area (Å²) in [4.78, 5) is 0. The van der Waals surface area contributed by atoms with Crippen LogP contribution in [-0.2, 0) is 5.41 Å². The summed E-state index contributed by atoms with van der Waals surface area (Å²) in [5, 5.41) is 8.63. The molecule has 0 heterocycles. The molecule has 0 spiro atoms. The highest BCUT2D eigenvalue weighted by Crippen LogP contribution is 2.27. The lowest BCUT2D eigenvalue weighted by Gasteiger charge is -2.21. The van der Waals surface area contributed by atoms with Crippen molar-refractivity contribution in [3.05, 3.63) is 65.2 Å². The second kappa shape index (κ2) is 7.31. The number of benzene rings is 2. The first-order valence-electron chi connectivity index (χ1n) is 7.56. The second-order valence-corrected chi connectivity index (χ2v) is 6.87. The van der Waals surface area contributed by atoms with Crippen molar-refractivity contribution in [3.63, 3.8) is 0 Å². The number of phenolic OH excluding ortho intramolecular Hbond substituents is 1. The van der Waals surface area contributed by atoms with Crippen LogP contribution in [0.3, 0.4) is 0 Å². The number of phenols is 1. The smallest absolute Gasteiger partial charge is 0.115 e. The van der Waals surface area contributed by atoms with E-state index < -0.39 is 0 Å². The summed E-state index contributed by atoms with van der Waals surface area (Å²) in [6, 6.07) is 15.6. The molecule has 1 heteroatoms. The standard InChI is InChI=1S/C14H22.C6H6O/c1-10(2)12-7-11(3)8-13(9-12)14(4,5)6;7-6-4-2-1-3-5-6/h7-10H,1-6H3;1-5,7H. The summed E-state index contributed by atoms with van der Waals surface area (Å²) in [5.41, 5.74) is 4.53. The van der Waals surface area contributed by atoms with Crippen molar-refractivity contribution in [2.24, 2.45) is 0 Å². The van der Waals surface area contributed by atoms with Gasteiger partial charge < -0.3 is 5.11 Å². The average molecular weight is 284 g/mol. The van der Waals surface area contributed by atoms with Gasteiger partial charge in [-0.1, -0.05) is 76.6 Å². The molecule has 0 bridgehead atoms. The van der Waals surface area contributed by atoms with Crippen LogP contribution in [0.1, 0.15) is 57.2 Å². The predicted octanol–water partition coefficient (Wildman–Crippen LogP) is 5.81. The van der Waals surface area contributed by atoms with Crippen molar-refractivity contribution >= 4 is 0 Å². The molecule has 0 aliphatic rings. The minimum atomic E-state index is 0.260. The Hall–Kier alpha value is -1.76. The highest BCUT2D eigenvalue weighted by molar-refractivity contribution is 5.34. The van der Waals surface area contributed by atoms with Crippen LogP contribution in [0.4, 0.5) is 0 Å². The van der Waals surface area contributed by atoms with Crippen LogP contribution >= 0.6 is 0 Å². The van der Waals surface area contributed by atoms with E-state index >= 15 is 0 Å². The lowest BCUT2D eigenvalue weighted by atomic mass is 9.84. The van der Waals surface area contributed by atoms with Gasteiger partial charge in [0.2, 0.25) is 0 Å². The predicted molar refractivity (Wildman–Crippen MR) is 92.1 cm³/mol. The summed E-state index contributed by atoms with van der Waals surface area (Å²) in [6.45, 7) is 13.5. The fourth-order valence-corrected chi connectivity index (χ4v) is 2.01. The van der Waals surface area contributed by atoms with E-state index in [-0.39, 0.29) is 5.41 Å². The van der Waals surface area contributed by atoms with E-state index in [4.69, 9.17) is 5.11 Å². The molecule has 0 unspecified atom stereocenters. The lowest BCUT2D eigenvalue weighted by Crippen LogP contribution is -2.12. The van der Waals surface area contributed by atoms with E-state index in [2.05, 4.69) is 59.7 Å². The van der Waals surface area contributed by atoms with E-state index in [0.717, 1.165) is 0 Å². The van der Waals surface area contributed by atoms with Crippen molar-refractivity contribution in [3.8, 4) is 5.75 Å². The van der Waals surface area contributed by atoms with Gasteiger partial charge >= 0.3 is 0 Å². The summed E-state index contributed by atoms with van der Waals surface area (Å²) in [6.07, 6.45) is 0. The van der Waals surface area contributed by atoms with Crippen LogP contribution < -0.4 is 0 Å². The van der Waals surface area contributed by atoms with Gasteiger partial charge in [0.15, 0.2) is 0 Å². The average Bonchev–Trinajstić information content (AvgIpc) is 2.38. The maximum absolute atomic E-state index is 8.63. The molecule has 0 aromatic heterocycles. The zero-order valence-corrected chi connectivity index (χ0v) is 14.1. The highest BCUT2D eigenvalue weighted by Gasteiger charge is 2.15. The van der Waals surface area contributed by atoms with Crippen LogP contribution in [-0.4, -0.2) is 5.11 Å². The lowest BCUT2D eigenvalue weighted by molar-refractivity contribution is 0.475. The first-order valence-corrected chi connectivity index (χ1v) is 7.56. The first-order chi connectivity index (χ1) is 9.70. The van der Waals surface area contributed by atoms with Gasteiger partial charge in [0.1, 0.15) is 5.75 Å². The number of hydrogen-bond donors (Lipinski definition) is 1. The maximum Gasteiger partial charge on any atom is 0.115 e. The molecule has 2 aromatic carbocycles. The zero-order valence-electron chi connectivity index (χ0n) is 14.1. The van der Waals surface area contributed by atoms with Crippen molar-refractivity contribution in [1.82, 2.24) is 0 Å². The molecule has 0 aliphatic carbocycles. The molecule has 21 heavy (non-hydrogen) atoms. The molecule has 114 valence electrons. The Morgan fingerprint density at radius 3 is 1.86 bits per heavy atom. The molecule has 1 N–H and O–H groups in total. The minimum absolute atomic E-state index is 0.260. The quantitative estimate of drug-likeness (QED) is 0.700. The third-order valence-corrected chi connectivity index (χ3v) is 3.39. The summed E-state index contributed by atoms with van der Waals surface area (Å²) in [5.74, 6) is 0.943. The van der Waals surface area contributed by atoms with Crippen molar-refractivity contribution in [1.29, 1.82) is 0 Å². The fraction of sp³-hybridized carbons (Fsp3) is 0.400. The second-order valence-electron chi connectivity index (χ2n) is 6.87. The molecule has 0 saturated heterocycles. The van der Waals surface area contributed by atoms with Crippen molar-refractivity contribution < 1.29 is 5.11 Å². The van der Waals surface area contributed by atoms with Gasteiger partial charge in [0, 0.05) is 0 Å². The van der Waals surface area contributed by atoms with E-state index in [1.165, 1.54) is 16.7 Å². The zero-order chi connectivity index (χ0) is 16.0. The fourth-order valence-electron chi connectivity index (χ4n) is 2.01. The topological polar surface area (TPSA) is 20.2 Å². The van der Waals surface area contributed by atoms with E-state index in [0.29, 0.717) is 11.7 Å². The maximum atomic E-state index is 8.63. The van der Waals surface area contributed by atoms with E-state index in [1.54, 1.807) is 24.3 Å².